The van der Waals surface area contributed by atoms with Crippen molar-refractivity contribution in [3.8, 4) is 5.75 Å². The summed E-state index contributed by atoms with van der Waals surface area (Å²) >= 11 is 0. The van der Waals surface area contributed by atoms with E-state index in [0.717, 1.165) is 18.6 Å². The number of piperidine rings is 1. The van der Waals surface area contributed by atoms with Crippen molar-refractivity contribution in [3.63, 3.8) is 0 Å². The first-order valence-electron chi connectivity index (χ1n) is 8.68. The van der Waals surface area contributed by atoms with E-state index in [1.54, 1.807) is 17.0 Å². The number of carbonyl (C=O) groups is 2. The van der Waals surface area contributed by atoms with Gasteiger partial charge in [-0.3, -0.25) is 15.0 Å². The monoisotopic (exact) mass is 333 g/mol. The molecule has 1 heterocycles. The predicted molar refractivity (Wildman–Crippen MR) is 92.4 cm³/mol. The number of carbonyl (C=O) groups excluding carboxylic acids is 2. The molecule has 24 heavy (non-hydrogen) atoms. The van der Waals surface area contributed by atoms with Crippen molar-refractivity contribution in [1.29, 1.82) is 0 Å². The second-order valence-electron chi connectivity index (χ2n) is 6.16. The molecule has 1 fully saturated rings. The summed E-state index contributed by atoms with van der Waals surface area (Å²) in [4.78, 5) is 25.8. The topological polar surface area (TPSA) is 84.7 Å². The van der Waals surface area contributed by atoms with Crippen molar-refractivity contribution in [1.82, 2.24) is 10.3 Å². The molecular formula is C18H27N3O3. The van der Waals surface area contributed by atoms with E-state index in [9.17, 15) is 9.59 Å². The summed E-state index contributed by atoms with van der Waals surface area (Å²) in [6, 6.07) is 7.29. The van der Waals surface area contributed by atoms with Crippen LogP contribution in [0.2, 0.25) is 0 Å². The number of rotatable bonds is 7. The zero-order chi connectivity index (χ0) is 17.4. The zero-order valence-electron chi connectivity index (χ0n) is 14.3. The molecule has 0 spiro atoms. The molecule has 132 valence electrons. The Morgan fingerprint density at radius 2 is 1.88 bits per heavy atom. The Bertz CT molecular complexity index is 537. The molecule has 1 aliphatic rings. The highest BCUT2D eigenvalue weighted by molar-refractivity contribution is 5.94. The fourth-order valence-corrected chi connectivity index (χ4v) is 2.88. The normalized spacial score (nSPS) is 15.2. The maximum Gasteiger partial charge on any atom is 0.253 e. The van der Waals surface area contributed by atoms with E-state index < -0.39 is 0 Å². The van der Waals surface area contributed by atoms with Crippen molar-refractivity contribution in [3.05, 3.63) is 29.8 Å². The molecule has 0 aromatic heterocycles. The molecule has 6 heteroatoms. The highest BCUT2D eigenvalue weighted by atomic mass is 16.5. The third kappa shape index (κ3) is 4.96. The Kier molecular flexibility index (Phi) is 7.06. The fourth-order valence-electron chi connectivity index (χ4n) is 2.88. The first-order valence-corrected chi connectivity index (χ1v) is 8.68. The summed E-state index contributed by atoms with van der Waals surface area (Å²) in [6.07, 6.45) is 4.67. The Hall–Kier alpha value is -2.08. The molecule has 1 aliphatic heterocycles. The second kappa shape index (κ2) is 9.27. The largest absolute Gasteiger partial charge is 0.494 e. The van der Waals surface area contributed by atoms with Gasteiger partial charge in [-0.15, -0.1) is 0 Å². The van der Waals surface area contributed by atoms with Gasteiger partial charge < -0.3 is 9.64 Å². The standard InChI is InChI=1S/C18H27N3O3/c1-2-3-4-13-24-16-7-5-15(6-8-16)18(23)21-11-9-14(10-12-21)17(22)20-19/h5-8,14H,2-4,9-13,19H2,1H3,(H,20,22). The second-order valence-corrected chi connectivity index (χ2v) is 6.16. The molecule has 1 aromatic carbocycles. The summed E-state index contributed by atoms with van der Waals surface area (Å²) < 4.78 is 5.66. The average molecular weight is 333 g/mol. The minimum Gasteiger partial charge on any atom is -0.494 e. The van der Waals surface area contributed by atoms with Gasteiger partial charge in [-0.2, -0.15) is 0 Å². The van der Waals surface area contributed by atoms with Gasteiger partial charge in [0.2, 0.25) is 5.91 Å². The molecule has 1 saturated heterocycles. The van der Waals surface area contributed by atoms with E-state index in [1.165, 1.54) is 6.42 Å². The SMILES string of the molecule is CCCCCOc1ccc(C(=O)N2CCC(C(=O)NN)CC2)cc1. The molecule has 3 N–H and O–H groups in total. The molecule has 0 radical (unpaired) electrons. The first-order chi connectivity index (χ1) is 11.7. The molecule has 0 atom stereocenters. The van der Waals surface area contributed by atoms with Gasteiger partial charge in [0, 0.05) is 24.6 Å². The van der Waals surface area contributed by atoms with Gasteiger partial charge in [-0.1, -0.05) is 19.8 Å². The third-order valence-corrected chi connectivity index (χ3v) is 4.41. The van der Waals surface area contributed by atoms with Gasteiger partial charge in [0.1, 0.15) is 5.75 Å². The average Bonchev–Trinajstić information content (AvgIpc) is 2.64. The summed E-state index contributed by atoms with van der Waals surface area (Å²) in [7, 11) is 0. The summed E-state index contributed by atoms with van der Waals surface area (Å²) in [5, 5.41) is 0. The van der Waals surface area contributed by atoms with Gasteiger partial charge in [0.25, 0.3) is 5.91 Å². The van der Waals surface area contributed by atoms with Gasteiger partial charge in [-0.05, 0) is 43.5 Å². The number of hydrogen-bond acceptors (Lipinski definition) is 4. The van der Waals surface area contributed by atoms with E-state index in [2.05, 4.69) is 12.3 Å². The van der Waals surface area contributed by atoms with Crippen molar-refractivity contribution in [2.45, 2.75) is 39.0 Å². The van der Waals surface area contributed by atoms with E-state index in [-0.39, 0.29) is 17.7 Å². The van der Waals surface area contributed by atoms with Crippen molar-refractivity contribution in [2.24, 2.45) is 11.8 Å². The van der Waals surface area contributed by atoms with E-state index >= 15 is 0 Å². The number of likely N-dealkylation sites (tertiary alicyclic amines) is 1. The maximum absolute atomic E-state index is 12.5. The number of hydrazine groups is 1. The van der Waals surface area contributed by atoms with Crippen molar-refractivity contribution >= 4 is 11.8 Å². The molecule has 0 saturated carbocycles. The number of hydrogen-bond donors (Lipinski definition) is 2. The van der Waals surface area contributed by atoms with Crippen LogP contribution in [-0.2, 0) is 4.79 Å². The van der Waals surface area contributed by atoms with Gasteiger partial charge in [-0.25, -0.2) is 5.84 Å². The Labute approximate surface area is 143 Å². The minimum absolute atomic E-state index is 0.000797. The van der Waals surface area contributed by atoms with Crippen LogP contribution in [0, 0.1) is 5.92 Å². The lowest BCUT2D eigenvalue weighted by molar-refractivity contribution is -0.126. The molecular weight excluding hydrogens is 306 g/mol. The van der Waals surface area contributed by atoms with Gasteiger partial charge in [0.15, 0.2) is 0 Å². The molecule has 2 rings (SSSR count). The van der Waals surface area contributed by atoms with Gasteiger partial charge in [0.05, 0.1) is 6.61 Å². The molecule has 0 bridgehead atoms. The highest BCUT2D eigenvalue weighted by Crippen LogP contribution is 2.20. The van der Waals surface area contributed by atoms with Crippen LogP contribution in [0.1, 0.15) is 49.4 Å². The fraction of sp³-hybridized carbons (Fsp3) is 0.556. The summed E-state index contributed by atoms with van der Waals surface area (Å²) in [6.45, 7) is 4.02. The van der Waals surface area contributed by atoms with Crippen LogP contribution in [0.5, 0.6) is 5.75 Å². The van der Waals surface area contributed by atoms with E-state index in [0.29, 0.717) is 38.1 Å². The number of ether oxygens (including phenoxy) is 1. The van der Waals surface area contributed by atoms with Gasteiger partial charge >= 0.3 is 0 Å². The lowest BCUT2D eigenvalue weighted by Gasteiger charge is -2.31. The summed E-state index contributed by atoms with van der Waals surface area (Å²) in [5.74, 6) is 5.71. The first kappa shape index (κ1) is 18.3. The maximum atomic E-state index is 12.5. The minimum atomic E-state index is -0.147. The Morgan fingerprint density at radius 1 is 1.21 bits per heavy atom. The number of amides is 2. The van der Waals surface area contributed by atoms with Crippen molar-refractivity contribution in [2.75, 3.05) is 19.7 Å². The molecule has 2 amide bonds. The lowest BCUT2D eigenvalue weighted by atomic mass is 9.95. The number of nitrogens with zero attached hydrogens (tertiary/aromatic N) is 1. The van der Waals surface area contributed by atoms with E-state index in [4.69, 9.17) is 10.6 Å². The third-order valence-electron chi connectivity index (χ3n) is 4.41. The van der Waals surface area contributed by atoms with Crippen LogP contribution in [0.15, 0.2) is 24.3 Å². The Balaban J connectivity index is 1.83. The summed E-state index contributed by atoms with van der Waals surface area (Å²) in [5.41, 5.74) is 2.84. The number of benzene rings is 1. The van der Waals surface area contributed by atoms with Crippen LogP contribution in [-0.4, -0.2) is 36.4 Å². The lowest BCUT2D eigenvalue weighted by Crippen LogP contribution is -2.44. The van der Waals surface area contributed by atoms with Crippen LogP contribution < -0.4 is 16.0 Å². The number of unbranched alkanes of at least 4 members (excludes halogenated alkanes) is 2. The van der Waals surface area contributed by atoms with E-state index in [1.807, 2.05) is 12.1 Å². The quantitative estimate of drug-likeness (QED) is 0.346. The number of nitrogens with one attached hydrogen (secondary N) is 1. The van der Waals surface area contributed by atoms with Crippen LogP contribution in [0.25, 0.3) is 0 Å². The molecule has 6 nitrogen and oxygen atoms in total. The van der Waals surface area contributed by atoms with Crippen LogP contribution in [0.3, 0.4) is 0 Å². The predicted octanol–water partition coefficient (Wildman–Crippen LogP) is 2.10. The van der Waals surface area contributed by atoms with Crippen molar-refractivity contribution < 1.29 is 14.3 Å². The molecule has 1 aromatic rings. The number of nitrogens with two attached hydrogens (primary N) is 1. The smallest absolute Gasteiger partial charge is 0.253 e. The zero-order valence-corrected chi connectivity index (χ0v) is 14.3. The van der Waals surface area contributed by atoms with Crippen LogP contribution in [0.4, 0.5) is 0 Å². The molecule has 0 unspecified atom stereocenters. The van der Waals surface area contributed by atoms with Crippen LogP contribution >= 0.6 is 0 Å². The molecule has 0 aliphatic carbocycles. The highest BCUT2D eigenvalue weighted by Gasteiger charge is 2.27. The Morgan fingerprint density at radius 3 is 2.46 bits per heavy atom.